The van der Waals surface area contributed by atoms with Crippen molar-refractivity contribution in [3.05, 3.63) is 29.8 Å². The smallest absolute Gasteiger partial charge is 0.238 e. The van der Waals surface area contributed by atoms with E-state index in [4.69, 9.17) is 5.26 Å². The second-order valence-electron chi connectivity index (χ2n) is 8.67. The van der Waals surface area contributed by atoms with Crippen LogP contribution in [0, 0.1) is 28.6 Å². The number of rotatable bonds is 12. The minimum absolute atomic E-state index is 0.0600. The molecule has 10 heteroatoms. The van der Waals surface area contributed by atoms with Crippen molar-refractivity contribution in [3.8, 4) is 12.1 Å². The lowest BCUT2D eigenvalue weighted by Crippen LogP contribution is -2.38. The lowest BCUT2D eigenvalue weighted by atomic mass is 10.1. The lowest BCUT2D eigenvalue weighted by Gasteiger charge is -2.23. The van der Waals surface area contributed by atoms with E-state index >= 15 is 0 Å². The predicted octanol–water partition coefficient (Wildman–Crippen LogP) is 2.89. The Hall–Kier alpha value is -2.40. The summed E-state index contributed by atoms with van der Waals surface area (Å²) in [7, 11) is 0. The van der Waals surface area contributed by atoms with Crippen LogP contribution in [0.25, 0.3) is 0 Å². The highest BCUT2D eigenvalue weighted by Crippen LogP contribution is 2.37. The molecule has 2 aliphatic rings. The van der Waals surface area contributed by atoms with Crippen LogP contribution < -0.4 is 10.6 Å². The van der Waals surface area contributed by atoms with Gasteiger partial charge in [0.2, 0.25) is 11.8 Å². The highest BCUT2D eigenvalue weighted by atomic mass is 32.2. The van der Waals surface area contributed by atoms with E-state index in [9.17, 15) is 14.9 Å². The molecule has 2 fully saturated rings. The Morgan fingerprint density at radius 3 is 2.86 bits per heavy atom. The van der Waals surface area contributed by atoms with Crippen molar-refractivity contribution in [2.24, 2.45) is 5.92 Å². The van der Waals surface area contributed by atoms with E-state index in [1.807, 2.05) is 30.8 Å². The molecule has 0 aliphatic carbocycles. The molecule has 0 saturated carbocycles. The van der Waals surface area contributed by atoms with Crippen LogP contribution in [0.5, 0.6) is 0 Å². The maximum absolute atomic E-state index is 12.9. The van der Waals surface area contributed by atoms with E-state index in [1.165, 1.54) is 23.1 Å². The van der Waals surface area contributed by atoms with E-state index in [1.54, 1.807) is 4.90 Å². The van der Waals surface area contributed by atoms with Crippen molar-refractivity contribution in [1.82, 2.24) is 15.1 Å². The average Bonchev–Trinajstić information content (AvgIpc) is 3.41. The summed E-state index contributed by atoms with van der Waals surface area (Å²) in [6, 6.07) is 12.4. The molecule has 0 spiro atoms. The minimum atomic E-state index is -0.885. The van der Waals surface area contributed by atoms with Crippen molar-refractivity contribution < 1.29 is 9.59 Å². The zero-order valence-electron chi connectivity index (χ0n) is 20.4. The Balaban J connectivity index is 1.49. The molecule has 188 valence electrons. The van der Waals surface area contributed by atoms with Crippen LogP contribution in [0.3, 0.4) is 0 Å². The molecule has 3 rings (SSSR count). The van der Waals surface area contributed by atoms with Gasteiger partial charge in [0.25, 0.3) is 0 Å². The van der Waals surface area contributed by atoms with Gasteiger partial charge in [0.05, 0.1) is 28.1 Å². The monoisotopic (exact) mass is 514 g/mol. The van der Waals surface area contributed by atoms with Crippen LogP contribution >= 0.6 is 23.5 Å². The quantitative estimate of drug-likeness (QED) is 0.410. The molecule has 1 aromatic rings. The van der Waals surface area contributed by atoms with Gasteiger partial charge in [0.15, 0.2) is 0 Å². The largest absolute Gasteiger partial charge is 0.385 e. The number of hydrogen-bond acceptors (Lipinski definition) is 8. The number of carbonyl (C=O) groups excluding carboxylic acids is 2. The van der Waals surface area contributed by atoms with Gasteiger partial charge in [-0.15, -0.1) is 23.5 Å². The molecule has 2 aliphatic heterocycles. The summed E-state index contributed by atoms with van der Waals surface area (Å²) >= 11 is 3.54. The first-order chi connectivity index (χ1) is 17.0. The number of hydrogen-bond donors (Lipinski definition) is 2. The summed E-state index contributed by atoms with van der Waals surface area (Å²) in [6.45, 7) is 7.49. The molecule has 0 aromatic heterocycles. The van der Waals surface area contributed by atoms with Crippen molar-refractivity contribution in [1.29, 1.82) is 10.5 Å². The Labute approximate surface area is 216 Å². The van der Waals surface area contributed by atoms with E-state index in [0.29, 0.717) is 24.9 Å². The number of benzene rings is 1. The summed E-state index contributed by atoms with van der Waals surface area (Å²) in [4.78, 5) is 29.4. The van der Waals surface area contributed by atoms with Crippen LogP contribution in [0.15, 0.2) is 24.3 Å². The Bertz CT molecular complexity index is 962. The molecule has 35 heavy (non-hydrogen) atoms. The van der Waals surface area contributed by atoms with Gasteiger partial charge >= 0.3 is 0 Å². The fourth-order valence-corrected chi connectivity index (χ4v) is 7.12. The van der Waals surface area contributed by atoms with Gasteiger partial charge in [-0.05, 0) is 44.4 Å². The van der Waals surface area contributed by atoms with Gasteiger partial charge in [-0.25, -0.2) is 0 Å². The van der Waals surface area contributed by atoms with Gasteiger partial charge < -0.3 is 15.5 Å². The second-order valence-corrected chi connectivity index (χ2v) is 11.5. The molecule has 4 atom stereocenters. The molecule has 2 saturated heterocycles. The van der Waals surface area contributed by atoms with Crippen molar-refractivity contribution >= 4 is 41.0 Å². The number of nitrogens with zero attached hydrogens (tertiary/aromatic N) is 4. The molecule has 2 amide bonds. The SMILES string of the molecule is CCN1C(=O)C(CCNc2cccc(CCN3CCSC3C)c2)SC1CC(C#N)C(=O)NCC#N. The van der Waals surface area contributed by atoms with Crippen LogP contribution in [0.4, 0.5) is 5.69 Å². The van der Waals surface area contributed by atoms with Gasteiger partial charge in [-0.2, -0.15) is 10.5 Å². The molecular weight excluding hydrogens is 480 g/mol. The van der Waals surface area contributed by atoms with Crippen molar-refractivity contribution in [2.75, 3.05) is 43.8 Å². The number of carbonyl (C=O) groups is 2. The summed E-state index contributed by atoms with van der Waals surface area (Å²) in [5, 5.41) is 24.2. The van der Waals surface area contributed by atoms with Crippen LogP contribution in [0.2, 0.25) is 0 Å². The van der Waals surface area contributed by atoms with Gasteiger partial charge in [0, 0.05) is 44.0 Å². The molecule has 0 bridgehead atoms. The first kappa shape index (κ1) is 27.2. The highest BCUT2D eigenvalue weighted by molar-refractivity contribution is 8.01. The van der Waals surface area contributed by atoms with Gasteiger partial charge in [-0.3, -0.25) is 14.5 Å². The van der Waals surface area contributed by atoms with Crippen LogP contribution in [-0.2, 0) is 16.0 Å². The fourth-order valence-electron chi connectivity index (χ4n) is 4.43. The Morgan fingerprint density at radius 1 is 1.34 bits per heavy atom. The van der Waals surface area contributed by atoms with Crippen LogP contribution in [0.1, 0.15) is 32.3 Å². The first-order valence-corrected chi connectivity index (χ1v) is 14.1. The summed E-state index contributed by atoms with van der Waals surface area (Å²) in [6.07, 6.45) is 1.95. The molecule has 1 aromatic carbocycles. The second kappa shape index (κ2) is 13.6. The first-order valence-electron chi connectivity index (χ1n) is 12.2. The zero-order chi connectivity index (χ0) is 25.2. The molecule has 8 nitrogen and oxygen atoms in total. The van der Waals surface area contributed by atoms with E-state index in [-0.39, 0.29) is 29.5 Å². The van der Waals surface area contributed by atoms with Gasteiger partial charge in [-0.1, -0.05) is 12.1 Å². The average molecular weight is 515 g/mol. The van der Waals surface area contributed by atoms with Crippen molar-refractivity contribution in [3.63, 3.8) is 0 Å². The minimum Gasteiger partial charge on any atom is -0.385 e. The summed E-state index contributed by atoms with van der Waals surface area (Å²) < 4.78 is 0. The van der Waals surface area contributed by atoms with Crippen LogP contribution in [-0.4, -0.2) is 76.1 Å². The zero-order valence-corrected chi connectivity index (χ0v) is 22.0. The molecule has 4 unspecified atom stereocenters. The Kier molecular flexibility index (Phi) is 10.6. The molecule has 2 N–H and O–H groups in total. The fraction of sp³-hybridized carbons (Fsp3) is 0.600. The number of nitriles is 2. The van der Waals surface area contributed by atoms with E-state index in [0.717, 1.165) is 25.2 Å². The number of thioether (sulfide) groups is 2. The number of anilines is 1. The number of nitrogens with one attached hydrogen (secondary N) is 2. The third-order valence-electron chi connectivity index (χ3n) is 6.42. The molecule has 0 radical (unpaired) electrons. The number of amides is 2. The third-order valence-corrected chi connectivity index (χ3v) is 9.15. The maximum atomic E-state index is 12.9. The normalized spacial score (nSPS) is 23.0. The standard InChI is InChI=1S/C25H34N6O2S2/c1-3-31-23(16-20(17-27)24(32)29-11-9-26)35-22(25(31)33)7-10-28-21-6-4-5-19(15-21)8-12-30-13-14-34-18(30)2/h4-6,15,18,20,22-23,28H,3,7-8,10-14,16H2,1-2H3,(H,29,32). The van der Waals surface area contributed by atoms with E-state index in [2.05, 4.69) is 46.7 Å². The van der Waals surface area contributed by atoms with Crippen molar-refractivity contribution in [2.45, 2.75) is 49.1 Å². The predicted molar refractivity (Wildman–Crippen MR) is 142 cm³/mol. The maximum Gasteiger partial charge on any atom is 0.238 e. The Morgan fingerprint density at radius 2 is 2.17 bits per heavy atom. The molecular formula is C25H34N6O2S2. The lowest BCUT2D eigenvalue weighted by molar-refractivity contribution is -0.131. The van der Waals surface area contributed by atoms with Gasteiger partial charge in [0.1, 0.15) is 12.5 Å². The molecule has 2 heterocycles. The highest BCUT2D eigenvalue weighted by Gasteiger charge is 2.40. The topological polar surface area (TPSA) is 112 Å². The summed E-state index contributed by atoms with van der Waals surface area (Å²) in [5.74, 6) is -0.0713. The van der Waals surface area contributed by atoms with E-state index < -0.39 is 11.8 Å². The summed E-state index contributed by atoms with van der Waals surface area (Å²) in [5.41, 5.74) is 2.37. The third kappa shape index (κ3) is 7.54.